The van der Waals surface area contributed by atoms with Gasteiger partial charge in [0.05, 0.1) is 11.1 Å². The number of carbonyl (C=O) groups is 2. The van der Waals surface area contributed by atoms with Crippen molar-refractivity contribution in [1.82, 2.24) is 10.3 Å². The first-order valence-corrected chi connectivity index (χ1v) is 6.53. The molecule has 24 heavy (non-hydrogen) atoms. The van der Waals surface area contributed by atoms with Crippen LogP contribution in [-0.2, 0) is 4.79 Å². The van der Waals surface area contributed by atoms with Gasteiger partial charge in [-0.05, 0) is 24.3 Å². The second-order valence-corrected chi connectivity index (χ2v) is 4.66. The van der Waals surface area contributed by atoms with Crippen LogP contribution in [0.1, 0.15) is 7.19 Å². The number of urea groups is 1. The van der Waals surface area contributed by atoms with E-state index in [0.717, 1.165) is 5.01 Å². The van der Waals surface area contributed by atoms with Gasteiger partial charge >= 0.3 is 35.6 Å². The first-order chi connectivity index (χ1) is 11.0. The van der Waals surface area contributed by atoms with Crippen LogP contribution < -0.4 is 34.9 Å². The summed E-state index contributed by atoms with van der Waals surface area (Å²) in [6.07, 6.45) is 1.31. The molecule has 0 bridgehead atoms. The molecule has 1 aromatic heterocycles. The van der Waals surface area contributed by atoms with Gasteiger partial charge in [-0.1, -0.05) is 0 Å². The SMILES string of the molecule is O=C1CN(/N=C/c2ccc(-c3ccc([N+](=O)[O-])cc3)o2)C(=O)N1.[H-].[Na+]. The van der Waals surface area contributed by atoms with Crippen LogP contribution >= 0.6 is 0 Å². The number of carbonyl (C=O) groups excluding carboxylic acids is 2. The molecule has 9 nitrogen and oxygen atoms in total. The first-order valence-electron chi connectivity index (χ1n) is 6.53. The maximum Gasteiger partial charge on any atom is 1.00 e. The number of furan rings is 1. The number of nitro groups is 1. The Morgan fingerprint density at radius 1 is 1.25 bits per heavy atom. The monoisotopic (exact) mass is 338 g/mol. The van der Waals surface area contributed by atoms with Crippen LogP contribution in [0.3, 0.4) is 0 Å². The van der Waals surface area contributed by atoms with E-state index < -0.39 is 16.9 Å². The van der Waals surface area contributed by atoms with Crippen molar-refractivity contribution in [2.45, 2.75) is 0 Å². The van der Waals surface area contributed by atoms with Crippen molar-refractivity contribution < 1.29 is 49.9 Å². The summed E-state index contributed by atoms with van der Waals surface area (Å²) in [6, 6.07) is 8.63. The van der Waals surface area contributed by atoms with Crippen LogP contribution in [0.5, 0.6) is 0 Å². The Morgan fingerprint density at radius 2 is 1.96 bits per heavy atom. The summed E-state index contributed by atoms with van der Waals surface area (Å²) in [4.78, 5) is 32.5. The molecule has 0 saturated carbocycles. The van der Waals surface area contributed by atoms with Crippen molar-refractivity contribution in [3.05, 3.63) is 52.3 Å². The number of hydrogen-bond donors (Lipinski definition) is 1. The van der Waals surface area contributed by atoms with E-state index in [1.807, 2.05) is 0 Å². The van der Waals surface area contributed by atoms with Crippen molar-refractivity contribution in [3.63, 3.8) is 0 Å². The van der Waals surface area contributed by atoms with Gasteiger partial charge in [-0.25, -0.2) is 9.80 Å². The maximum absolute atomic E-state index is 11.3. The predicted molar refractivity (Wildman–Crippen MR) is 79.7 cm³/mol. The fourth-order valence-corrected chi connectivity index (χ4v) is 1.98. The summed E-state index contributed by atoms with van der Waals surface area (Å²) < 4.78 is 5.53. The molecule has 2 aromatic rings. The second-order valence-electron chi connectivity index (χ2n) is 4.66. The van der Waals surface area contributed by atoms with Crippen molar-refractivity contribution in [2.24, 2.45) is 5.10 Å². The van der Waals surface area contributed by atoms with Crippen LogP contribution in [0.4, 0.5) is 10.5 Å². The average molecular weight is 338 g/mol. The van der Waals surface area contributed by atoms with E-state index in [-0.39, 0.29) is 43.2 Å². The largest absolute Gasteiger partial charge is 1.00 e. The van der Waals surface area contributed by atoms with E-state index in [4.69, 9.17) is 4.42 Å². The fraction of sp³-hybridized carbons (Fsp3) is 0.0714. The molecule has 3 rings (SSSR count). The third kappa shape index (κ3) is 3.88. The summed E-state index contributed by atoms with van der Waals surface area (Å²) in [7, 11) is 0. The van der Waals surface area contributed by atoms with Crippen molar-refractivity contribution >= 4 is 23.8 Å². The van der Waals surface area contributed by atoms with E-state index in [2.05, 4.69) is 10.4 Å². The molecule has 2 heterocycles. The summed E-state index contributed by atoms with van der Waals surface area (Å²) in [5, 5.41) is 17.6. The first kappa shape index (κ1) is 17.9. The average Bonchev–Trinajstić information content (AvgIpc) is 3.11. The van der Waals surface area contributed by atoms with E-state index >= 15 is 0 Å². The molecule has 1 aromatic carbocycles. The zero-order chi connectivity index (χ0) is 16.4. The van der Waals surface area contributed by atoms with Gasteiger partial charge in [0.25, 0.3) is 5.69 Å². The Hall–Kier alpha value is -2.49. The van der Waals surface area contributed by atoms with Crippen LogP contribution in [0.15, 0.2) is 45.9 Å². The Bertz CT molecular complexity index is 821. The Morgan fingerprint density at radius 3 is 2.54 bits per heavy atom. The fourth-order valence-electron chi connectivity index (χ4n) is 1.98. The number of nitro benzene ring substituents is 1. The zero-order valence-corrected chi connectivity index (χ0v) is 14.6. The quantitative estimate of drug-likeness (QED) is 0.248. The van der Waals surface area contributed by atoms with Gasteiger partial charge in [-0.3, -0.25) is 20.2 Å². The molecule has 1 aliphatic heterocycles. The molecule has 1 N–H and O–H groups in total. The minimum atomic E-state index is -0.589. The zero-order valence-electron chi connectivity index (χ0n) is 13.6. The van der Waals surface area contributed by atoms with E-state index in [0.29, 0.717) is 17.1 Å². The number of nitrogens with zero attached hydrogens (tertiary/aromatic N) is 3. The van der Waals surface area contributed by atoms with Gasteiger partial charge in [0, 0.05) is 17.7 Å². The van der Waals surface area contributed by atoms with Crippen LogP contribution in [0.25, 0.3) is 11.3 Å². The minimum Gasteiger partial charge on any atom is -1.00 e. The maximum atomic E-state index is 11.3. The molecule has 3 amide bonds. The molecule has 0 atom stereocenters. The van der Waals surface area contributed by atoms with E-state index in [1.165, 1.54) is 18.3 Å². The topological polar surface area (TPSA) is 118 Å². The van der Waals surface area contributed by atoms with Gasteiger partial charge in [-0.15, -0.1) is 0 Å². The molecule has 10 heteroatoms. The van der Waals surface area contributed by atoms with Gasteiger partial charge in [0.15, 0.2) is 0 Å². The second kappa shape index (κ2) is 7.39. The van der Waals surface area contributed by atoms with Gasteiger partial charge in [-0.2, -0.15) is 5.10 Å². The molecular formula is C14H11N4NaO5. The van der Waals surface area contributed by atoms with Crippen molar-refractivity contribution in [2.75, 3.05) is 6.54 Å². The number of amides is 3. The molecule has 0 aliphatic carbocycles. The third-order valence-corrected chi connectivity index (χ3v) is 3.09. The van der Waals surface area contributed by atoms with Crippen LogP contribution in [0.2, 0.25) is 0 Å². The number of imide groups is 1. The number of hydrazone groups is 1. The smallest absolute Gasteiger partial charge is 1.00 e. The van der Waals surface area contributed by atoms with Crippen LogP contribution in [0, 0.1) is 10.1 Å². The molecule has 118 valence electrons. The molecule has 1 aliphatic rings. The number of rotatable bonds is 4. The Kier molecular flexibility index (Phi) is 5.50. The summed E-state index contributed by atoms with van der Waals surface area (Å²) in [5.74, 6) is 0.465. The summed E-state index contributed by atoms with van der Waals surface area (Å²) >= 11 is 0. The summed E-state index contributed by atoms with van der Waals surface area (Å²) in [6.45, 7) is -0.134. The van der Waals surface area contributed by atoms with Gasteiger partial charge in [0.2, 0.25) is 5.91 Å². The number of hydrogen-bond acceptors (Lipinski definition) is 6. The normalized spacial score (nSPS) is 13.9. The molecule has 0 radical (unpaired) electrons. The van der Waals surface area contributed by atoms with Gasteiger partial charge < -0.3 is 5.84 Å². The number of nitrogens with one attached hydrogen (secondary N) is 1. The Labute approximate surface area is 159 Å². The Balaban J connectivity index is 0.00000156. The summed E-state index contributed by atoms with van der Waals surface area (Å²) in [5.41, 5.74) is 0.663. The number of non-ortho nitro benzene ring substituents is 1. The standard InChI is InChI=1S/C14H10N4O5.Na.H/c19-13-8-17(14(20)16-13)15-7-11-5-6-12(23-11)9-1-3-10(4-2-9)18(21)22;;/h1-7H,8H2,(H,16,19,20);;/q;+1;-1/b15-7+;;. The van der Waals surface area contributed by atoms with Crippen molar-refractivity contribution in [1.29, 1.82) is 0 Å². The minimum absolute atomic E-state index is 0. The molecular weight excluding hydrogens is 327 g/mol. The van der Waals surface area contributed by atoms with Gasteiger partial charge in [0.1, 0.15) is 18.1 Å². The van der Waals surface area contributed by atoms with E-state index in [1.54, 1.807) is 24.3 Å². The van der Waals surface area contributed by atoms with E-state index in [9.17, 15) is 19.7 Å². The predicted octanol–water partition coefficient (Wildman–Crippen LogP) is -1.14. The number of benzene rings is 1. The third-order valence-electron chi connectivity index (χ3n) is 3.09. The molecule has 0 unspecified atom stereocenters. The van der Waals surface area contributed by atoms with Crippen molar-refractivity contribution in [3.8, 4) is 11.3 Å². The van der Waals surface area contributed by atoms with Crippen LogP contribution in [-0.4, -0.2) is 34.6 Å². The molecule has 0 spiro atoms. The molecule has 1 fully saturated rings. The molecule has 1 saturated heterocycles.